The average molecular weight is 273 g/mol. The standard InChI is InChI=1S/C14H19N3OSi/c1-17-9-8-16-14(17)10-12(15)11-6-4-5-7-13(11)18-19(2)3/h4-10,19H,15H2,1-3H3/b12-10-. The second-order valence-electron chi connectivity index (χ2n) is 4.66. The van der Waals surface area contributed by atoms with Gasteiger partial charge in [0.25, 0.3) is 0 Å². The molecule has 2 N–H and O–H groups in total. The zero-order valence-electron chi connectivity index (χ0n) is 11.5. The molecule has 0 aliphatic rings. The van der Waals surface area contributed by atoms with E-state index in [0.29, 0.717) is 5.70 Å². The smallest absolute Gasteiger partial charge is 0.229 e. The van der Waals surface area contributed by atoms with Gasteiger partial charge in [-0.2, -0.15) is 0 Å². The average Bonchev–Trinajstić information content (AvgIpc) is 2.75. The van der Waals surface area contributed by atoms with Gasteiger partial charge in [0, 0.05) is 36.8 Å². The molecule has 0 unspecified atom stereocenters. The van der Waals surface area contributed by atoms with Gasteiger partial charge in [-0.3, -0.25) is 0 Å². The summed E-state index contributed by atoms with van der Waals surface area (Å²) < 4.78 is 7.83. The third-order valence-electron chi connectivity index (χ3n) is 2.70. The van der Waals surface area contributed by atoms with Crippen molar-refractivity contribution in [1.82, 2.24) is 9.55 Å². The molecule has 0 atom stereocenters. The third kappa shape index (κ3) is 3.26. The van der Waals surface area contributed by atoms with Crippen LogP contribution >= 0.6 is 0 Å². The molecule has 0 spiro atoms. The molecule has 19 heavy (non-hydrogen) atoms. The molecule has 0 amide bonds. The SMILES string of the molecule is Cn1ccnc1/C=C(\N)c1ccccc1O[SiH](C)C. The van der Waals surface area contributed by atoms with Gasteiger partial charge in [0.15, 0.2) is 0 Å². The number of rotatable bonds is 4. The fourth-order valence-corrected chi connectivity index (χ4v) is 2.51. The zero-order chi connectivity index (χ0) is 13.8. The number of imidazole rings is 1. The highest BCUT2D eigenvalue weighted by molar-refractivity contribution is 6.49. The van der Waals surface area contributed by atoms with Crippen molar-refractivity contribution in [3.05, 3.63) is 48.0 Å². The van der Waals surface area contributed by atoms with E-state index in [1.165, 1.54) is 0 Å². The fraction of sp³-hybridized carbons (Fsp3) is 0.214. The van der Waals surface area contributed by atoms with Crippen molar-refractivity contribution in [3.63, 3.8) is 0 Å². The summed E-state index contributed by atoms with van der Waals surface area (Å²) in [6.07, 6.45) is 5.51. The predicted octanol–water partition coefficient (Wildman–Crippen LogP) is 2.24. The number of nitrogens with two attached hydrogens (primary N) is 1. The first-order valence-electron chi connectivity index (χ1n) is 6.28. The molecule has 0 aliphatic carbocycles. The minimum Gasteiger partial charge on any atom is -0.547 e. The van der Waals surface area contributed by atoms with E-state index in [4.69, 9.17) is 10.2 Å². The van der Waals surface area contributed by atoms with Gasteiger partial charge < -0.3 is 14.7 Å². The number of hydrogen-bond donors (Lipinski definition) is 1. The molecule has 0 saturated heterocycles. The molecule has 0 bridgehead atoms. The normalized spacial score (nSPS) is 11.9. The lowest BCUT2D eigenvalue weighted by molar-refractivity contribution is 0.578. The van der Waals surface area contributed by atoms with Crippen molar-refractivity contribution in [2.75, 3.05) is 0 Å². The van der Waals surface area contributed by atoms with Gasteiger partial charge in [0.1, 0.15) is 11.6 Å². The minimum absolute atomic E-state index is 0.666. The molecule has 1 aromatic carbocycles. The van der Waals surface area contributed by atoms with Gasteiger partial charge in [-0.05, 0) is 25.2 Å². The highest BCUT2D eigenvalue weighted by Crippen LogP contribution is 2.24. The highest BCUT2D eigenvalue weighted by atomic mass is 28.3. The molecule has 0 radical (unpaired) electrons. The third-order valence-corrected chi connectivity index (χ3v) is 3.43. The first kappa shape index (κ1) is 13.4. The number of aromatic nitrogens is 2. The second kappa shape index (κ2) is 5.75. The molecule has 0 saturated carbocycles. The summed E-state index contributed by atoms with van der Waals surface area (Å²) in [6.45, 7) is 4.27. The molecular weight excluding hydrogens is 254 g/mol. The van der Waals surface area contributed by atoms with Crippen molar-refractivity contribution in [3.8, 4) is 5.75 Å². The summed E-state index contributed by atoms with van der Waals surface area (Å²) in [6, 6.07) is 7.86. The van der Waals surface area contributed by atoms with Crippen LogP contribution in [-0.4, -0.2) is 18.6 Å². The molecule has 0 fully saturated rings. The highest BCUT2D eigenvalue weighted by Gasteiger charge is 2.08. The predicted molar refractivity (Wildman–Crippen MR) is 81.2 cm³/mol. The molecule has 100 valence electrons. The van der Waals surface area contributed by atoms with Crippen molar-refractivity contribution >= 4 is 20.8 Å². The van der Waals surface area contributed by atoms with Gasteiger partial charge >= 0.3 is 0 Å². The van der Waals surface area contributed by atoms with Crippen LogP contribution in [0.15, 0.2) is 36.7 Å². The quantitative estimate of drug-likeness (QED) is 0.869. The Bertz CT molecular complexity index is 590. The first-order valence-corrected chi connectivity index (χ1v) is 9.06. The van der Waals surface area contributed by atoms with Crippen molar-refractivity contribution in [2.24, 2.45) is 12.8 Å². The Hall–Kier alpha value is -2.01. The zero-order valence-corrected chi connectivity index (χ0v) is 12.7. The number of hydrogen-bond acceptors (Lipinski definition) is 3. The maximum Gasteiger partial charge on any atom is 0.229 e. The number of para-hydroxylation sites is 1. The molecule has 5 heteroatoms. The molecule has 4 nitrogen and oxygen atoms in total. The number of benzene rings is 1. The lowest BCUT2D eigenvalue weighted by atomic mass is 10.1. The summed E-state index contributed by atoms with van der Waals surface area (Å²) in [4.78, 5) is 4.25. The van der Waals surface area contributed by atoms with Crippen molar-refractivity contribution < 1.29 is 4.43 Å². The van der Waals surface area contributed by atoms with Crippen LogP contribution in [0.25, 0.3) is 11.8 Å². The van der Waals surface area contributed by atoms with Gasteiger partial charge in [-0.15, -0.1) is 0 Å². The number of aryl methyl sites for hydroxylation is 1. The molecule has 2 aromatic rings. The van der Waals surface area contributed by atoms with E-state index >= 15 is 0 Å². The summed E-state index contributed by atoms with van der Waals surface area (Å²) in [7, 11) is 0.787. The number of nitrogens with zero attached hydrogens (tertiary/aromatic N) is 2. The Morgan fingerprint density at radius 1 is 1.37 bits per heavy atom. The Morgan fingerprint density at radius 2 is 2.11 bits per heavy atom. The maximum absolute atomic E-state index is 6.17. The molecular formula is C14H19N3OSi. The van der Waals surface area contributed by atoms with E-state index in [9.17, 15) is 0 Å². The van der Waals surface area contributed by atoms with Gasteiger partial charge in [0.05, 0.1) is 0 Å². The van der Waals surface area contributed by atoms with Crippen LogP contribution < -0.4 is 10.2 Å². The van der Waals surface area contributed by atoms with Crippen LogP contribution in [0.5, 0.6) is 5.75 Å². The lowest BCUT2D eigenvalue weighted by Gasteiger charge is -2.14. The van der Waals surface area contributed by atoms with Crippen LogP contribution in [-0.2, 0) is 7.05 Å². The van der Waals surface area contributed by atoms with E-state index in [0.717, 1.165) is 17.1 Å². The van der Waals surface area contributed by atoms with Crippen LogP contribution in [0.3, 0.4) is 0 Å². The topological polar surface area (TPSA) is 53.1 Å². The van der Waals surface area contributed by atoms with Gasteiger partial charge in [-0.1, -0.05) is 12.1 Å². The van der Waals surface area contributed by atoms with E-state index < -0.39 is 9.04 Å². The Morgan fingerprint density at radius 3 is 2.74 bits per heavy atom. The molecule has 2 rings (SSSR count). The van der Waals surface area contributed by atoms with Crippen LogP contribution in [0, 0.1) is 0 Å². The van der Waals surface area contributed by atoms with E-state index in [2.05, 4.69) is 18.1 Å². The molecule has 0 aliphatic heterocycles. The van der Waals surface area contributed by atoms with E-state index in [-0.39, 0.29) is 0 Å². The first-order chi connectivity index (χ1) is 9.08. The minimum atomic E-state index is -1.15. The maximum atomic E-state index is 6.17. The monoisotopic (exact) mass is 273 g/mol. The Balaban J connectivity index is 2.36. The van der Waals surface area contributed by atoms with Crippen LogP contribution in [0.2, 0.25) is 13.1 Å². The van der Waals surface area contributed by atoms with Crippen molar-refractivity contribution in [2.45, 2.75) is 13.1 Å². The fourth-order valence-electron chi connectivity index (χ4n) is 1.79. The van der Waals surface area contributed by atoms with Gasteiger partial charge in [0.2, 0.25) is 9.04 Å². The summed E-state index contributed by atoms with van der Waals surface area (Å²) >= 11 is 0. The largest absolute Gasteiger partial charge is 0.547 e. The summed E-state index contributed by atoms with van der Waals surface area (Å²) in [5.41, 5.74) is 7.76. The lowest BCUT2D eigenvalue weighted by Crippen LogP contribution is -2.13. The molecule has 1 heterocycles. The van der Waals surface area contributed by atoms with E-state index in [1.807, 2.05) is 48.2 Å². The Labute approximate surface area is 115 Å². The van der Waals surface area contributed by atoms with Crippen LogP contribution in [0.4, 0.5) is 0 Å². The van der Waals surface area contributed by atoms with Gasteiger partial charge in [-0.25, -0.2) is 4.98 Å². The Kier molecular flexibility index (Phi) is 4.06. The van der Waals surface area contributed by atoms with Crippen molar-refractivity contribution in [1.29, 1.82) is 0 Å². The summed E-state index contributed by atoms with van der Waals surface area (Å²) in [5.74, 6) is 1.68. The second-order valence-corrected chi connectivity index (χ2v) is 6.99. The van der Waals surface area contributed by atoms with E-state index in [1.54, 1.807) is 6.20 Å². The van der Waals surface area contributed by atoms with Crippen LogP contribution in [0.1, 0.15) is 11.4 Å². The summed E-state index contributed by atoms with van der Waals surface area (Å²) in [5, 5.41) is 0. The molecule has 1 aromatic heterocycles.